The minimum absolute atomic E-state index is 0.159. The smallest absolute Gasteiger partial charge is 0.326 e. The Morgan fingerprint density at radius 3 is 2.42 bits per heavy atom. The highest BCUT2D eigenvalue weighted by Gasteiger charge is 2.46. The maximum Gasteiger partial charge on any atom is 0.332 e. The summed E-state index contributed by atoms with van der Waals surface area (Å²) in [6, 6.07) is 17.5. The third kappa shape index (κ3) is 4.57. The van der Waals surface area contributed by atoms with Crippen LogP contribution in [0.1, 0.15) is 12.0 Å². The molecule has 0 spiro atoms. The Bertz CT molecular complexity index is 1090. The van der Waals surface area contributed by atoms with Gasteiger partial charge in [0.2, 0.25) is 5.91 Å². The Balaban J connectivity index is 1.60. The van der Waals surface area contributed by atoms with E-state index < -0.39 is 18.0 Å². The molecule has 3 aromatic rings. The number of nitrogens with zero attached hydrogens (tertiary/aromatic N) is 3. The number of carbonyl (C=O) groups is 3. The maximum atomic E-state index is 13.2. The van der Waals surface area contributed by atoms with Crippen LogP contribution in [0.15, 0.2) is 79.1 Å². The fraction of sp³-hybridized carbons (Fsp3) is 0.130. The molecule has 7 nitrogen and oxygen atoms in total. The van der Waals surface area contributed by atoms with Crippen molar-refractivity contribution in [2.24, 2.45) is 0 Å². The van der Waals surface area contributed by atoms with Gasteiger partial charge in [0.05, 0.1) is 12.1 Å². The summed E-state index contributed by atoms with van der Waals surface area (Å²) in [5.74, 6) is -0.814. The minimum Gasteiger partial charge on any atom is -0.326 e. The molecular formula is C23H19ClN4O3. The van der Waals surface area contributed by atoms with Crippen LogP contribution < -0.4 is 10.2 Å². The highest BCUT2D eigenvalue weighted by molar-refractivity contribution is 6.30. The first-order valence-corrected chi connectivity index (χ1v) is 10.0. The van der Waals surface area contributed by atoms with E-state index in [9.17, 15) is 14.4 Å². The largest absolute Gasteiger partial charge is 0.332 e. The highest BCUT2D eigenvalue weighted by atomic mass is 35.5. The van der Waals surface area contributed by atoms with E-state index in [1.807, 2.05) is 12.1 Å². The van der Waals surface area contributed by atoms with E-state index in [-0.39, 0.29) is 18.9 Å². The van der Waals surface area contributed by atoms with Crippen molar-refractivity contribution in [2.45, 2.75) is 19.0 Å². The standard InChI is InChI=1S/C23H19ClN4O3/c24-17-8-10-19(11-9-17)28-22(30)20(13-21(29)26-18-6-2-1-3-7-18)27(23(28)31)15-16-5-4-12-25-14-16/h1-12,14,20H,13,15H2,(H,26,29)/t20-/m1/s1. The van der Waals surface area contributed by atoms with Gasteiger partial charge in [0.1, 0.15) is 6.04 Å². The molecule has 1 N–H and O–H groups in total. The summed E-state index contributed by atoms with van der Waals surface area (Å²) in [6.07, 6.45) is 3.10. The summed E-state index contributed by atoms with van der Waals surface area (Å²) in [5.41, 5.74) is 1.79. The van der Waals surface area contributed by atoms with Gasteiger partial charge < -0.3 is 10.2 Å². The number of nitrogens with one attached hydrogen (secondary N) is 1. The summed E-state index contributed by atoms with van der Waals surface area (Å²) in [7, 11) is 0. The van der Waals surface area contributed by atoms with Crippen LogP contribution in [0.3, 0.4) is 0 Å². The molecule has 8 heteroatoms. The number of amides is 4. The van der Waals surface area contributed by atoms with Gasteiger partial charge in [-0.05, 0) is 48.0 Å². The normalized spacial score (nSPS) is 16.0. The van der Waals surface area contributed by atoms with Gasteiger partial charge in [-0.2, -0.15) is 0 Å². The lowest BCUT2D eigenvalue weighted by molar-refractivity contribution is -0.124. The average molecular weight is 435 g/mol. The van der Waals surface area contributed by atoms with Crippen LogP contribution in [-0.4, -0.2) is 33.8 Å². The maximum absolute atomic E-state index is 13.2. The average Bonchev–Trinajstić information content (AvgIpc) is 3.00. The lowest BCUT2D eigenvalue weighted by Gasteiger charge is -2.21. The fourth-order valence-corrected chi connectivity index (χ4v) is 3.56. The van der Waals surface area contributed by atoms with Crippen molar-refractivity contribution >= 4 is 40.8 Å². The molecule has 1 fully saturated rings. The van der Waals surface area contributed by atoms with Crippen LogP contribution in [0, 0.1) is 0 Å². The number of anilines is 2. The summed E-state index contributed by atoms with van der Waals surface area (Å²) in [5, 5.41) is 3.27. The zero-order valence-electron chi connectivity index (χ0n) is 16.4. The van der Waals surface area contributed by atoms with Gasteiger partial charge in [-0.3, -0.25) is 14.6 Å². The molecule has 2 heterocycles. The van der Waals surface area contributed by atoms with Crippen molar-refractivity contribution in [1.29, 1.82) is 0 Å². The second kappa shape index (κ2) is 8.97. The molecule has 2 aromatic carbocycles. The predicted octanol–water partition coefficient (Wildman–Crippen LogP) is 4.10. The van der Waals surface area contributed by atoms with E-state index in [0.29, 0.717) is 16.4 Å². The Hall–Kier alpha value is -3.71. The van der Waals surface area contributed by atoms with Gasteiger partial charge in [0, 0.05) is 29.6 Å². The molecule has 1 saturated heterocycles. The molecule has 0 bridgehead atoms. The molecule has 0 saturated carbocycles. The van der Waals surface area contributed by atoms with Crippen molar-refractivity contribution in [3.63, 3.8) is 0 Å². The van der Waals surface area contributed by atoms with Gasteiger partial charge in [0.25, 0.3) is 5.91 Å². The van der Waals surface area contributed by atoms with Crippen LogP contribution in [0.5, 0.6) is 0 Å². The van der Waals surface area contributed by atoms with E-state index >= 15 is 0 Å². The van der Waals surface area contributed by atoms with E-state index in [2.05, 4.69) is 10.3 Å². The number of para-hydroxylation sites is 1. The number of pyridine rings is 1. The van der Waals surface area contributed by atoms with E-state index in [1.54, 1.807) is 67.0 Å². The van der Waals surface area contributed by atoms with E-state index in [4.69, 9.17) is 11.6 Å². The lowest BCUT2D eigenvalue weighted by Crippen LogP contribution is -2.37. The molecule has 31 heavy (non-hydrogen) atoms. The van der Waals surface area contributed by atoms with Gasteiger partial charge in [-0.15, -0.1) is 0 Å². The van der Waals surface area contributed by atoms with Crippen molar-refractivity contribution < 1.29 is 14.4 Å². The lowest BCUT2D eigenvalue weighted by atomic mass is 10.1. The molecule has 1 atom stereocenters. The Morgan fingerprint density at radius 2 is 1.74 bits per heavy atom. The van der Waals surface area contributed by atoms with Gasteiger partial charge in [0.15, 0.2) is 0 Å². The molecule has 156 valence electrons. The van der Waals surface area contributed by atoms with Gasteiger partial charge in [-0.1, -0.05) is 35.9 Å². The molecule has 0 aliphatic carbocycles. The van der Waals surface area contributed by atoms with Crippen LogP contribution in [0.25, 0.3) is 0 Å². The number of imide groups is 1. The number of halogens is 1. The molecule has 1 aromatic heterocycles. The van der Waals surface area contributed by atoms with Gasteiger partial charge >= 0.3 is 6.03 Å². The van der Waals surface area contributed by atoms with E-state index in [1.165, 1.54) is 4.90 Å². The second-order valence-electron chi connectivity index (χ2n) is 7.06. The number of rotatable bonds is 6. The Labute approximate surface area is 184 Å². The minimum atomic E-state index is -0.938. The molecule has 0 unspecified atom stereocenters. The number of carbonyl (C=O) groups excluding carboxylic acids is 3. The van der Waals surface area contributed by atoms with Crippen LogP contribution in [0.2, 0.25) is 5.02 Å². The SMILES string of the molecule is O=C(C[C@@H]1C(=O)N(c2ccc(Cl)cc2)C(=O)N1Cc1cccnc1)Nc1ccccc1. The molecule has 1 aliphatic heterocycles. The first kappa shape index (κ1) is 20.6. The first-order valence-electron chi connectivity index (χ1n) is 9.67. The van der Waals surface area contributed by atoms with Gasteiger partial charge in [-0.25, -0.2) is 9.69 Å². The number of aromatic nitrogens is 1. The summed E-state index contributed by atoms with van der Waals surface area (Å²) in [6.45, 7) is 0.159. The quantitative estimate of drug-likeness (QED) is 0.592. The second-order valence-corrected chi connectivity index (χ2v) is 7.49. The molecule has 1 aliphatic rings. The number of hydrogen-bond donors (Lipinski definition) is 1. The molecule has 4 rings (SSSR count). The van der Waals surface area contributed by atoms with Crippen molar-refractivity contribution in [2.75, 3.05) is 10.2 Å². The molecular weight excluding hydrogens is 416 g/mol. The topological polar surface area (TPSA) is 82.6 Å². The summed E-state index contributed by atoms with van der Waals surface area (Å²) >= 11 is 5.94. The number of benzene rings is 2. The van der Waals surface area contributed by atoms with Crippen LogP contribution in [0.4, 0.5) is 16.2 Å². The zero-order chi connectivity index (χ0) is 21.8. The zero-order valence-corrected chi connectivity index (χ0v) is 17.2. The van der Waals surface area contributed by atoms with Crippen molar-refractivity contribution in [1.82, 2.24) is 9.88 Å². The summed E-state index contributed by atoms with van der Waals surface area (Å²) < 4.78 is 0. The third-order valence-electron chi connectivity index (χ3n) is 4.92. The third-order valence-corrected chi connectivity index (χ3v) is 5.17. The van der Waals surface area contributed by atoms with E-state index in [0.717, 1.165) is 10.5 Å². The predicted molar refractivity (Wildman–Crippen MR) is 118 cm³/mol. The van der Waals surface area contributed by atoms with Crippen LogP contribution in [-0.2, 0) is 16.1 Å². The van der Waals surface area contributed by atoms with Crippen LogP contribution >= 0.6 is 11.6 Å². The Kier molecular flexibility index (Phi) is 5.95. The number of hydrogen-bond acceptors (Lipinski definition) is 4. The number of urea groups is 1. The Morgan fingerprint density at radius 1 is 1.00 bits per heavy atom. The molecule has 4 amide bonds. The van der Waals surface area contributed by atoms with Crippen molar-refractivity contribution in [3.8, 4) is 0 Å². The fourth-order valence-electron chi connectivity index (χ4n) is 3.44. The highest BCUT2D eigenvalue weighted by Crippen LogP contribution is 2.29. The van der Waals surface area contributed by atoms with Crippen molar-refractivity contribution in [3.05, 3.63) is 89.7 Å². The summed E-state index contributed by atoms with van der Waals surface area (Å²) in [4.78, 5) is 45.6. The molecule has 0 radical (unpaired) electrons. The monoisotopic (exact) mass is 434 g/mol. The first-order chi connectivity index (χ1) is 15.0.